The van der Waals surface area contributed by atoms with Gasteiger partial charge in [-0.1, -0.05) is 69.4 Å². The van der Waals surface area contributed by atoms with Gasteiger partial charge < -0.3 is 21.9 Å². The van der Waals surface area contributed by atoms with Crippen molar-refractivity contribution in [3.8, 4) is 36.0 Å². The van der Waals surface area contributed by atoms with Crippen molar-refractivity contribution in [2.24, 2.45) is 16.5 Å². The first-order valence-corrected chi connectivity index (χ1v) is 12.0. The number of allylic oxidation sites excluding steroid dienone is 5. The number of guanidine groups is 1. The maximum Gasteiger partial charge on any atom is 0.223 e. The van der Waals surface area contributed by atoms with E-state index in [1.54, 1.807) is 36.5 Å². The molecule has 0 rings (SSSR count). The van der Waals surface area contributed by atoms with Gasteiger partial charge >= 0.3 is 0 Å². The summed E-state index contributed by atoms with van der Waals surface area (Å²) in [6.07, 6.45) is 18.7. The maximum atomic E-state index is 11.8. The van der Waals surface area contributed by atoms with Crippen LogP contribution in [0.4, 0.5) is 0 Å². The van der Waals surface area contributed by atoms with Crippen LogP contribution in [0.25, 0.3) is 0 Å². The summed E-state index contributed by atoms with van der Waals surface area (Å²) in [6, 6.07) is 0. The van der Waals surface area contributed by atoms with Crippen molar-refractivity contribution in [2.75, 3.05) is 13.1 Å². The van der Waals surface area contributed by atoms with Crippen LogP contribution in [0.1, 0.15) is 44.9 Å². The van der Waals surface area contributed by atoms with Crippen molar-refractivity contribution in [1.29, 1.82) is 0 Å². The molecule has 0 heterocycles. The van der Waals surface area contributed by atoms with Crippen LogP contribution in [0.5, 0.6) is 0 Å². The Morgan fingerprint density at radius 3 is 2.62 bits per heavy atom. The first-order valence-electron chi connectivity index (χ1n) is 10.8. The maximum absolute atomic E-state index is 11.8. The highest BCUT2D eigenvalue weighted by Crippen LogP contribution is 2.21. The quantitative estimate of drug-likeness (QED) is 0.0927. The molecule has 0 saturated heterocycles. The fourth-order valence-corrected chi connectivity index (χ4v) is 2.93. The number of aliphatic imine (C=N–C) groups is 1. The van der Waals surface area contributed by atoms with E-state index in [4.69, 9.17) is 29.5 Å². The molecule has 0 saturated carbocycles. The molecule has 0 aromatic carbocycles. The van der Waals surface area contributed by atoms with Gasteiger partial charge in [-0.3, -0.25) is 9.79 Å². The standard InChI is InChI=1S/C26H32BrClN4O2/c1-2-3-4-5-6-7-8-9-10-12-18-23(28)25(34)22(27)17-13-14-19-24(33)31-20-15-11-16-21-32-26(29)30/h1,7-8,13-14,17-18,25,34H,3-4,11-12,15-16,19-21H2,(H,31,33)(H4,29,30,32)/b8-7+,14-13-,22-17-,23-18-/t25-/m1/s1. The van der Waals surface area contributed by atoms with Gasteiger partial charge in [-0.05, 0) is 37.5 Å². The zero-order valence-electron chi connectivity index (χ0n) is 19.2. The van der Waals surface area contributed by atoms with Crippen LogP contribution in [0.2, 0.25) is 0 Å². The summed E-state index contributed by atoms with van der Waals surface area (Å²) >= 11 is 9.42. The molecule has 0 unspecified atom stereocenters. The topological polar surface area (TPSA) is 114 Å². The smallest absolute Gasteiger partial charge is 0.223 e. The molecule has 0 aromatic rings. The average molecular weight is 548 g/mol. The van der Waals surface area contributed by atoms with E-state index < -0.39 is 6.10 Å². The molecule has 1 atom stereocenters. The minimum absolute atomic E-state index is 0.0744. The molecule has 0 aliphatic carbocycles. The van der Waals surface area contributed by atoms with Crippen LogP contribution in [0.15, 0.2) is 51.0 Å². The fraction of sp³-hybridized carbons (Fsp3) is 0.385. The second kappa shape index (κ2) is 21.9. The first-order chi connectivity index (χ1) is 16.4. The van der Waals surface area contributed by atoms with Crippen molar-refractivity contribution in [3.63, 3.8) is 0 Å². The molecule has 0 spiro atoms. The summed E-state index contributed by atoms with van der Waals surface area (Å²) in [6.45, 7) is 1.20. The average Bonchev–Trinajstić information content (AvgIpc) is 2.81. The first kappa shape index (κ1) is 31.1. The summed E-state index contributed by atoms with van der Waals surface area (Å²) in [4.78, 5) is 15.7. The number of hydrogen-bond acceptors (Lipinski definition) is 3. The number of rotatable bonds is 13. The third-order valence-electron chi connectivity index (χ3n) is 3.92. The van der Waals surface area contributed by atoms with Gasteiger partial charge in [0.05, 0.1) is 0 Å². The Balaban J connectivity index is 4.23. The lowest BCUT2D eigenvalue weighted by Gasteiger charge is -2.07. The number of nitrogens with zero attached hydrogens (tertiary/aromatic N) is 1. The summed E-state index contributed by atoms with van der Waals surface area (Å²) in [5.74, 6) is 14.0. The minimum Gasteiger partial charge on any atom is -0.382 e. The van der Waals surface area contributed by atoms with Gasteiger partial charge in [-0.2, -0.15) is 0 Å². The summed E-state index contributed by atoms with van der Waals surface area (Å²) in [5.41, 5.74) is 10.5. The molecule has 6 nitrogen and oxygen atoms in total. The van der Waals surface area contributed by atoms with Crippen LogP contribution in [0.3, 0.4) is 0 Å². The number of halogens is 2. The number of aliphatic hydroxyl groups is 1. The predicted molar refractivity (Wildman–Crippen MR) is 146 cm³/mol. The Labute approximate surface area is 216 Å². The monoisotopic (exact) mass is 546 g/mol. The lowest BCUT2D eigenvalue weighted by atomic mass is 10.2. The number of hydrogen-bond donors (Lipinski definition) is 4. The highest BCUT2D eigenvalue weighted by atomic mass is 79.9. The predicted octanol–water partition coefficient (Wildman–Crippen LogP) is 3.62. The SMILES string of the molecule is C#CCCC#C/C=C/C#CC/C=C(\Cl)[C@H](O)/C(Br)=C/C=C\CC(=O)NCCCCCN=C(N)N. The molecule has 0 aromatic heterocycles. The van der Waals surface area contributed by atoms with E-state index in [0.29, 0.717) is 36.8 Å². The molecular formula is C26H32BrClN4O2. The Hall–Kier alpha value is -2.89. The zero-order valence-corrected chi connectivity index (χ0v) is 21.5. The van der Waals surface area contributed by atoms with Crippen LogP contribution in [0, 0.1) is 36.0 Å². The van der Waals surface area contributed by atoms with E-state index in [1.165, 1.54) is 0 Å². The third-order valence-corrected chi connectivity index (χ3v) is 4.98. The summed E-state index contributed by atoms with van der Waals surface area (Å²) in [7, 11) is 0. The van der Waals surface area contributed by atoms with Gasteiger partial charge in [0.25, 0.3) is 0 Å². The number of amides is 1. The normalized spacial score (nSPS) is 12.3. The number of nitrogens with two attached hydrogens (primary N) is 2. The van der Waals surface area contributed by atoms with Crippen molar-refractivity contribution in [3.05, 3.63) is 46.0 Å². The fourth-order valence-electron chi connectivity index (χ4n) is 2.21. The lowest BCUT2D eigenvalue weighted by Crippen LogP contribution is -2.23. The molecule has 182 valence electrons. The minimum atomic E-state index is -1.00. The van der Waals surface area contributed by atoms with Gasteiger partial charge in [-0.15, -0.1) is 12.3 Å². The second-order valence-electron chi connectivity index (χ2n) is 6.78. The van der Waals surface area contributed by atoms with Crippen molar-refractivity contribution in [2.45, 2.75) is 51.0 Å². The molecule has 1 amide bonds. The molecule has 0 aliphatic rings. The molecule has 0 radical (unpaired) electrons. The van der Waals surface area contributed by atoms with E-state index in [1.807, 2.05) is 0 Å². The number of carbonyl (C=O) groups excluding carboxylic acids is 1. The van der Waals surface area contributed by atoms with Gasteiger partial charge in [-0.25, -0.2) is 0 Å². The Morgan fingerprint density at radius 2 is 1.91 bits per heavy atom. The molecule has 0 aliphatic heterocycles. The molecule has 0 fully saturated rings. The number of unbranched alkanes of at least 4 members (excludes halogenated alkanes) is 3. The van der Waals surface area contributed by atoms with Gasteiger partial charge in [0.2, 0.25) is 5.91 Å². The number of aliphatic hydroxyl groups excluding tert-OH is 1. The third kappa shape index (κ3) is 19.8. The van der Waals surface area contributed by atoms with Gasteiger partial charge in [0.1, 0.15) is 6.10 Å². The number of nitrogens with one attached hydrogen (secondary N) is 1. The van der Waals surface area contributed by atoms with Crippen LogP contribution in [-0.2, 0) is 4.79 Å². The molecule has 6 N–H and O–H groups in total. The molecular weight excluding hydrogens is 516 g/mol. The number of terminal acetylenes is 1. The summed E-state index contributed by atoms with van der Waals surface area (Å²) < 4.78 is 0.473. The van der Waals surface area contributed by atoms with E-state index in [-0.39, 0.29) is 23.3 Å². The van der Waals surface area contributed by atoms with E-state index in [0.717, 1.165) is 19.3 Å². The number of carbonyl (C=O) groups is 1. The van der Waals surface area contributed by atoms with Crippen molar-refractivity contribution < 1.29 is 9.90 Å². The Morgan fingerprint density at radius 1 is 1.18 bits per heavy atom. The molecule has 0 bridgehead atoms. The van der Waals surface area contributed by atoms with Gasteiger partial charge in [0, 0.05) is 48.3 Å². The Bertz CT molecular complexity index is 934. The lowest BCUT2D eigenvalue weighted by molar-refractivity contribution is -0.120. The van der Waals surface area contributed by atoms with E-state index >= 15 is 0 Å². The van der Waals surface area contributed by atoms with Crippen LogP contribution >= 0.6 is 27.5 Å². The van der Waals surface area contributed by atoms with Crippen molar-refractivity contribution in [1.82, 2.24) is 5.32 Å². The Kier molecular flexibility index (Phi) is 20.1. The highest BCUT2D eigenvalue weighted by Gasteiger charge is 2.10. The summed E-state index contributed by atoms with van der Waals surface area (Å²) in [5, 5.41) is 13.3. The largest absolute Gasteiger partial charge is 0.382 e. The van der Waals surface area contributed by atoms with E-state index in [9.17, 15) is 9.90 Å². The molecule has 8 heteroatoms. The van der Waals surface area contributed by atoms with E-state index in [2.05, 4.69) is 55.8 Å². The van der Waals surface area contributed by atoms with Crippen LogP contribution < -0.4 is 16.8 Å². The van der Waals surface area contributed by atoms with Crippen molar-refractivity contribution >= 4 is 39.4 Å². The second-order valence-corrected chi connectivity index (χ2v) is 8.13. The molecule has 34 heavy (non-hydrogen) atoms. The van der Waals surface area contributed by atoms with Gasteiger partial charge in [0.15, 0.2) is 5.96 Å². The van der Waals surface area contributed by atoms with Crippen LogP contribution in [-0.4, -0.2) is 36.2 Å². The highest BCUT2D eigenvalue weighted by molar-refractivity contribution is 9.11. The zero-order chi connectivity index (χ0) is 25.4.